The molecule has 3 amide bonds. The molecule has 2 heterocycles. The normalized spacial score (nSPS) is 20.9. The summed E-state index contributed by atoms with van der Waals surface area (Å²) in [6.07, 6.45) is 2.24. The van der Waals surface area contributed by atoms with Crippen LogP contribution in [-0.4, -0.2) is 61.1 Å². The molecule has 6 heteroatoms. The Labute approximate surface area is 142 Å². The molecule has 0 bridgehead atoms. The van der Waals surface area contributed by atoms with Crippen LogP contribution in [-0.2, 0) is 11.2 Å². The van der Waals surface area contributed by atoms with Crippen LogP contribution in [0.25, 0.3) is 0 Å². The number of piperidine rings is 1. The molecule has 1 aromatic carbocycles. The second-order valence-electron chi connectivity index (χ2n) is 6.55. The van der Waals surface area contributed by atoms with E-state index in [0.29, 0.717) is 19.5 Å². The summed E-state index contributed by atoms with van der Waals surface area (Å²) >= 11 is 0. The molecule has 2 fully saturated rings. The van der Waals surface area contributed by atoms with Crippen molar-refractivity contribution >= 4 is 11.9 Å². The zero-order valence-corrected chi connectivity index (χ0v) is 14.4. The Morgan fingerprint density at radius 1 is 1.38 bits per heavy atom. The summed E-state index contributed by atoms with van der Waals surface area (Å²) in [5.74, 6) is 0.852. The van der Waals surface area contributed by atoms with Crippen LogP contribution < -0.4 is 10.1 Å². The topological polar surface area (TPSA) is 61.9 Å². The zero-order valence-electron chi connectivity index (χ0n) is 14.4. The molecule has 0 saturated carbocycles. The van der Waals surface area contributed by atoms with Crippen molar-refractivity contribution in [1.29, 1.82) is 0 Å². The van der Waals surface area contributed by atoms with Gasteiger partial charge in [0.05, 0.1) is 19.6 Å². The Morgan fingerprint density at radius 3 is 2.92 bits per heavy atom. The van der Waals surface area contributed by atoms with Crippen LogP contribution in [0.4, 0.5) is 4.79 Å². The van der Waals surface area contributed by atoms with Crippen molar-refractivity contribution < 1.29 is 14.3 Å². The van der Waals surface area contributed by atoms with Gasteiger partial charge in [-0.05, 0) is 25.8 Å². The minimum Gasteiger partial charge on any atom is -0.496 e. The molecule has 24 heavy (non-hydrogen) atoms. The van der Waals surface area contributed by atoms with Crippen LogP contribution in [0.2, 0.25) is 0 Å². The van der Waals surface area contributed by atoms with E-state index in [1.807, 2.05) is 34.9 Å². The first-order valence-corrected chi connectivity index (χ1v) is 8.54. The van der Waals surface area contributed by atoms with Gasteiger partial charge >= 0.3 is 6.03 Å². The van der Waals surface area contributed by atoms with E-state index in [0.717, 1.165) is 42.8 Å². The lowest BCUT2D eigenvalue weighted by molar-refractivity contribution is -0.132. The van der Waals surface area contributed by atoms with Crippen molar-refractivity contribution in [1.82, 2.24) is 15.1 Å². The molecule has 0 radical (unpaired) electrons. The zero-order chi connectivity index (χ0) is 17.1. The third kappa shape index (κ3) is 3.47. The van der Waals surface area contributed by atoms with Gasteiger partial charge in [-0.2, -0.15) is 0 Å². The van der Waals surface area contributed by atoms with E-state index in [-0.39, 0.29) is 18.0 Å². The van der Waals surface area contributed by atoms with E-state index in [1.165, 1.54) is 0 Å². The smallest absolute Gasteiger partial charge is 0.317 e. The highest BCUT2D eigenvalue weighted by Gasteiger charge is 2.32. The maximum absolute atomic E-state index is 12.7. The fourth-order valence-corrected chi connectivity index (χ4v) is 3.59. The van der Waals surface area contributed by atoms with Gasteiger partial charge in [0.2, 0.25) is 5.91 Å². The van der Waals surface area contributed by atoms with Crippen molar-refractivity contribution in [2.24, 2.45) is 0 Å². The number of aryl methyl sites for hydroxylation is 1. The summed E-state index contributed by atoms with van der Waals surface area (Å²) in [7, 11) is 1.63. The quantitative estimate of drug-likeness (QED) is 0.911. The van der Waals surface area contributed by atoms with E-state index in [4.69, 9.17) is 4.74 Å². The molecule has 1 N–H and O–H groups in total. The SMILES string of the molecule is COc1ccc(C)cc1CC(=O)N1CCC[C@H](N2CCNC2=O)C1. The number of nitrogens with one attached hydrogen (secondary N) is 1. The standard InChI is InChI=1S/C18H25N3O3/c1-13-5-6-16(24-2)14(10-13)11-17(22)20-8-3-4-15(12-20)21-9-7-19-18(21)23/h5-6,10,15H,3-4,7-9,11-12H2,1-2H3,(H,19,23)/t15-/m0/s1. The van der Waals surface area contributed by atoms with Crippen molar-refractivity contribution in [2.75, 3.05) is 33.3 Å². The lowest BCUT2D eigenvalue weighted by Gasteiger charge is -2.37. The molecule has 1 atom stereocenters. The molecule has 130 valence electrons. The van der Waals surface area contributed by atoms with Gasteiger partial charge in [0.1, 0.15) is 5.75 Å². The molecule has 0 aromatic heterocycles. The molecular formula is C18H25N3O3. The van der Waals surface area contributed by atoms with E-state index in [2.05, 4.69) is 5.32 Å². The summed E-state index contributed by atoms with van der Waals surface area (Å²) in [5, 5.41) is 2.84. The molecule has 0 aliphatic carbocycles. The van der Waals surface area contributed by atoms with E-state index in [9.17, 15) is 9.59 Å². The van der Waals surface area contributed by atoms with Crippen LogP contribution in [0.1, 0.15) is 24.0 Å². The summed E-state index contributed by atoms with van der Waals surface area (Å²) in [6, 6.07) is 6.02. The Hall–Kier alpha value is -2.24. The highest BCUT2D eigenvalue weighted by Crippen LogP contribution is 2.23. The number of hydrogen-bond acceptors (Lipinski definition) is 3. The lowest BCUT2D eigenvalue weighted by atomic mass is 10.0. The van der Waals surface area contributed by atoms with Crippen molar-refractivity contribution in [3.05, 3.63) is 29.3 Å². The minimum atomic E-state index is -0.00495. The lowest BCUT2D eigenvalue weighted by Crippen LogP contribution is -2.51. The molecule has 0 unspecified atom stereocenters. The highest BCUT2D eigenvalue weighted by atomic mass is 16.5. The number of hydrogen-bond donors (Lipinski definition) is 1. The second kappa shape index (κ2) is 7.11. The van der Waals surface area contributed by atoms with Crippen LogP contribution in [0.5, 0.6) is 5.75 Å². The molecule has 3 rings (SSSR count). The maximum atomic E-state index is 12.7. The predicted molar refractivity (Wildman–Crippen MR) is 91.1 cm³/mol. The number of benzene rings is 1. The fourth-order valence-electron chi connectivity index (χ4n) is 3.59. The summed E-state index contributed by atoms with van der Waals surface area (Å²) in [4.78, 5) is 28.4. The Morgan fingerprint density at radius 2 is 2.21 bits per heavy atom. The van der Waals surface area contributed by atoms with Gasteiger partial charge < -0.3 is 19.9 Å². The van der Waals surface area contributed by atoms with Gasteiger partial charge in [0.15, 0.2) is 0 Å². The molecular weight excluding hydrogens is 306 g/mol. The van der Waals surface area contributed by atoms with Crippen LogP contribution in [0.15, 0.2) is 18.2 Å². The minimum absolute atomic E-state index is 0.00495. The van der Waals surface area contributed by atoms with Gasteiger partial charge in [-0.1, -0.05) is 17.7 Å². The number of carbonyl (C=O) groups is 2. The van der Waals surface area contributed by atoms with Crippen LogP contribution in [0, 0.1) is 6.92 Å². The first-order chi connectivity index (χ1) is 11.6. The number of rotatable bonds is 4. The Balaban J connectivity index is 1.66. The molecule has 6 nitrogen and oxygen atoms in total. The number of ether oxygens (including phenoxy) is 1. The molecule has 0 spiro atoms. The average molecular weight is 331 g/mol. The van der Waals surface area contributed by atoms with Crippen LogP contribution in [0.3, 0.4) is 0 Å². The first-order valence-electron chi connectivity index (χ1n) is 8.54. The largest absolute Gasteiger partial charge is 0.496 e. The van der Waals surface area contributed by atoms with Crippen molar-refractivity contribution in [3.8, 4) is 5.75 Å². The third-order valence-electron chi connectivity index (χ3n) is 4.86. The van der Waals surface area contributed by atoms with E-state index >= 15 is 0 Å². The van der Waals surface area contributed by atoms with E-state index < -0.39 is 0 Å². The predicted octanol–water partition coefficient (Wildman–Crippen LogP) is 1.56. The number of likely N-dealkylation sites (tertiary alicyclic amines) is 1. The van der Waals surface area contributed by atoms with Gasteiger partial charge in [-0.15, -0.1) is 0 Å². The number of amides is 3. The second-order valence-corrected chi connectivity index (χ2v) is 6.55. The Kier molecular flexibility index (Phi) is 4.92. The average Bonchev–Trinajstić information content (AvgIpc) is 3.01. The molecule has 2 aliphatic heterocycles. The van der Waals surface area contributed by atoms with Crippen molar-refractivity contribution in [2.45, 2.75) is 32.2 Å². The number of urea groups is 1. The molecule has 2 saturated heterocycles. The maximum Gasteiger partial charge on any atom is 0.317 e. The number of methoxy groups -OCH3 is 1. The number of carbonyl (C=O) groups excluding carboxylic acids is 2. The monoisotopic (exact) mass is 331 g/mol. The summed E-state index contributed by atoms with van der Waals surface area (Å²) < 4.78 is 5.37. The Bertz CT molecular complexity index is 632. The summed E-state index contributed by atoms with van der Waals surface area (Å²) in [6.45, 7) is 4.83. The molecule has 2 aliphatic rings. The van der Waals surface area contributed by atoms with Gasteiger partial charge in [-0.25, -0.2) is 4.79 Å². The number of nitrogens with zero attached hydrogens (tertiary/aromatic N) is 2. The fraction of sp³-hybridized carbons (Fsp3) is 0.556. The molecule has 1 aromatic rings. The van der Waals surface area contributed by atoms with Gasteiger partial charge in [0.25, 0.3) is 0 Å². The van der Waals surface area contributed by atoms with Gasteiger partial charge in [-0.3, -0.25) is 4.79 Å². The van der Waals surface area contributed by atoms with E-state index in [1.54, 1.807) is 7.11 Å². The van der Waals surface area contributed by atoms with Gasteiger partial charge in [0, 0.05) is 31.7 Å². The third-order valence-corrected chi connectivity index (χ3v) is 4.86. The van der Waals surface area contributed by atoms with Crippen molar-refractivity contribution in [3.63, 3.8) is 0 Å². The summed E-state index contributed by atoms with van der Waals surface area (Å²) in [5.41, 5.74) is 2.03. The highest BCUT2D eigenvalue weighted by molar-refractivity contribution is 5.80. The first kappa shape index (κ1) is 16.6. The van der Waals surface area contributed by atoms with Crippen LogP contribution >= 0.6 is 0 Å².